The van der Waals surface area contributed by atoms with Crippen LogP contribution in [0.4, 0.5) is 0 Å². The Morgan fingerprint density at radius 3 is 1.36 bits per heavy atom. The molecule has 0 N–H and O–H groups in total. The second kappa shape index (κ2) is 16.5. The van der Waals surface area contributed by atoms with Crippen LogP contribution in [0.3, 0.4) is 0 Å². The maximum absolute atomic E-state index is 5.03. The van der Waals surface area contributed by atoms with Gasteiger partial charge in [-0.25, -0.2) is 0 Å². The first-order valence-electron chi connectivity index (χ1n) is 21.8. The Kier molecular flexibility index (Phi) is 12.1. The van der Waals surface area contributed by atoms with E-state index in [4.69, 9.17) is 9.97 Å². The first-order valence-corrected chi connectivity index (χ1v) is 32.0. The third-order valence-electron chi connectivity index (χ3n) is 15.0. The molecule has 0 saturated heterocycles. The van der Waals surface area contributed by atoms with Gasteiger partial charge in [-0.1, -0.05) is 63.7 Å². The van der Waals surface area contributed by atoms with Gasteiger partial charge >= 0.3 is 0 Å². The molecule has 8 aliphatic carbocycles. The third-order valence-corrected chi connectivity index (χ3v) is 25.6. The Hall–Kier alpha value is -1.19. The molecule has 2 heterocycles. The van der Waals surface area contributed by atoms with E-state index < -0.39 is 24.1 Å². The Balaban J connectivity index is 0.000000661. The minimum atomic E-state index is -1.63. The minimum absolute atomic E-state index is 0. The number of hydrogen-bond donors (Lipinski definition) is 0. The van der Waals surface area contributed by atoms with Crippen molar-refractivity contribution in [1.29, 1.82) is 0 Å². The van der Waals surface area contributed by atoms with Crippen LogP contribution in [-0.4, -0.2) is 37.4 Å². The van der Waals surface area contributed by atoms with Gasteiger partial charge in [-0.3, -0.25) is 9.97 Å². The van der Waals surface area contributed by atoms with Crippen LogP contribution >= 0.6 is 15.8 Å². The normalized spacial score (nSPS) is 32.3. The molecule has 8 bridgehead atoms. The molecule has 12 rings (SSSR count). The van der Waals surface area contributed by atoms with Gasteiger partial charge in [0, 0.05) is 37.5 Å². The smallest absolute Gasteiger partial charge is 0.0684 e. The molecule has 0 radical (unpaired) electrons. The zero-order chi connectivity index (χ0) is 37.2. The SMILES string of the molecule is C[Si](C)(C)c1c(CP(C2C3CC4CC(C3)CC2C4)C2C3CC4CC(C3)CC2C4)c(CP(c2ccccn2)c2ccccn2)c[c-]1[Si](C)(C)C.[Fe].[cH-]1[cH-][cH-][cH-][cH-]1. The molecule has 8 aliphatic rings. The average Bonchev–Trinajstić information content (AvgIpc) is 3.83. The molecule has 0 amide bonds. The standard InChI is InChI=1S/C43H61N2P2Si2.C5H5.Fe/c1-48(2,3)38-25-36(26-46(39-11-7-9-13-44-39)40-12-8-10-14-45-40)37(43(38)49(4,5)6)27-47(41-32-17-28-15-29(19-32)20-33(41)18-28)42-34-21-30-16-31(23-34)24-35(42)22-30;1-2-4-5-3-1;/h7-14,25,28-35,41-42H,15-24,26-27H2,1-6H3;1-5H;/q-1;-5;. The first kappa shape index (κ1) is 40.6. The van der Waals surface area contributed by atoms with Crippen molar-refractivity contribution in [1.82, 2.24) is 9.97 Å². The van der Waals surface area contributed by atoms with Crippen LogP contribution in [0.2, 0.25) is 39.3 Å². The van der Waals surface area contributed by atoms with Crippen LogP contribution in [0.25, 0.3) is 0 Å². The van der Waals surface area contributed by atoms with Gasteiger partial charge in [0.25, 0.3) is 0 Å². The van der Waals surface area contributed by atoms with Crippen molar-refractivity contribution in [2.75, 3.05) is 0 Å². The fourth-order valence-electron chi connectivity index (χ4n) is 13.7. The summed E-state index contributed by atoms with van der Waals surface area (Å²) >= 11 is 0. The van der Waals surface area contributed by atoms with Crippen molar-refractivity contribution in [2.45, 2.75) is 127 Å². The molecule has 2 nitrogen and oxygen atoms in total. The monoisotopic (exact) mass is 844 g/mol. The molecule has 0 aliphatic heterocycles. The van der Waals surface area contributed by atoms with Crippen molar-refractivity contribution in [2.24, 2.45) is 47.3 Å². The molecule has 2 aromatic heterocycles. The summed E-state index contributed by atoms with van der Waals surface area (Å²) in [6.45, 7) is 16.0. The van der Waals surface area contributed by atoms with Gasteiger partial charge < -0.3 is 30.3 Å². The van der Waals surface area contributed by atoms with Gasteiger partial charge in [-0.2, -0.15) is 27.6 Å². The maximum atomic E-state index is 5.03. The van der Waals surface area contributed by atoms with Crippen LogP contribution < -0.4 is 21.2 Å². The maximum Gasteiger partial charge on any atom is 0.0684 e. The largest absolute Gasteiger partial charge is 0.748 e. The number of nitrogens with zero attached hydrogens (tertiary/aromatic N) is 2. The number of aromatic nitrogens is 2. The van der Waals surface area contributed by atoms with E-state index in [1.807, 2.05) is 58.7 Å². The predicted octanol–water partition coefficient (Wildman–Crippen LogP) is 11.0. The predicted molar refractivity (Wildman–Crippen MR) is 241 cm³/mol. The number of pyridine rings is 2. The van der Waals surface area contributed by atoms with Crippen molar-refractivity contribution in [3.63, 3.8) is 0 Å². The Labute approximate surface area is 349 Å². The molecule has 55 heavy (non-hydrogen) atoms. The zero-order valence-corrected chi connectivity index (χ0v) is 39.4. The molecule has 4 aromatic rings. The Morgan fingerprint density at radius 2 is 1.02 bits per heavy atom. The summed E-state index contributed by atoms with van der Waals surface area (Å²) in [5.41, 5.74) is 8.20. The topological polar surface area (TPSA) is 25.8 Å². The van der Waals surface area contributed by atoms with Crippen molar-refractivity contribution in [3.05, 3.63) is 96.3 Å². The molecular weight excluding hydrogens is 779 g/mol. The molecule has 7 heteroatoms. The molecule has 8 fully saturated rings. The van der Waals surface area contributed by atoms with E-state index in [1.54, 1.807) is 69.8 Å². The van der Waals surface area contributed by atoms with Crippen molar-refractivity contribution < 1.29 is 17.1 Å². The molecule has 0 unspecified atom stereocenters. The zero-order valence-electron chi connectivity index (χ0n) is 34.5. The van der Waals surface area contributed by atoms with E-state index >= 15 is 0 Å². The first-order chi connectivity index (χ1) is 26.0. The van der Waals surface area contributed by atoms with Gasteiger partial charge in [0.15, 0.2) is 0 Å². The van der Waals surface area contributed by atoms with E-state index in [0.717, 1.165) is 64.8 Å². The summed E-state index contributed by atoms with van der Waals surface area (Å²) < 4.78 is 0. The summed E-state index contributed by atoms with van der Waals surface area (Å²) in [7, 11) is -3.93. The summed E-state index contributed by atoms with van der Waals surface area (Å²) in [6.07, 6.45) is 22.4. The summed E-state index contributed by atoms with van der Waals surface area (Å²) in [5.74, 6) is 8.46. The molecule has 300 valence electrons. The minimum Gasteiger partial charge on any atom is -0.748 e. The van der Waals surface area contributed by atoms with Gasteiger partial charge in [-0.15, -0.1) is 7.92 Å². The Morgan fingerprint density at radius 1 is 0.600 bits per heavy atom. The van der Waals surface area contributed by atoms with Crippen molar-refractivity contribution in [3.8, 4) is 0 Å². The van der Waals surface area contributed by atoms with E-state index in [1.165, 1.54) is 17.0 Å². The third kappa shape index (κ3) is 8.35. The number of rotatable bonds is 10. The van der Waals surface area contributed by atoms with Gasteiger partial charge in [0.05, 0.1) is 18.9 Å². The van der Waals surface area contributed by atoms with Crippen molar-refractivity contribution >= 4 is 53.2 Å². The summed E-state index contributed by atoms with van der Waals surface area (Å²) in [5, 5.41) is 3.73. The van der Waals surface area contributed by atoms with Gasteiger partial charge in [-0.05, 0) is 155 Å². The average molecular weight is 845 g/mol. The molecule has 8 saturated carbocycles. The van der Waals surface area contributed by atoms with Crippen LogP contribution in [0.15, 0.2) is 85.2 Å². The van der Waals surface area contributed by atoms with E-state index in [0.29, 0.717) is 0 Å². The van der Waals surface area contributed by atoms with E-state index in [-0.39, 0.29) is 25.0 Å². The molecule has 2 aromatic carbocycles. The van der Waals surface area contributed by atoms with E-state index in [9.17, 15) is 0 Å². The molecular formula is C48H66FeN2P2Si2-6. The Bertz CT molecular complexity index is 1690. The van der Waals surface area contributed by atoms with Crippen LogP contribution in [-0.2, 0) is 29.4 Å². The van der Waals surface area contributed by atoms with Gasteiger partial charge in [0.1, 0.15) is 0 Å². The van der Waals surface area contributed by atoms with Gasteiger partial charge in [0.2, 0.25) is 0 Å². The molecule has 0 atom stereocenters. The quantitative estimate of drug-likeness (QED) is 0.0903. The van der Waals surface area contributed by atoms with Crippen LogP contribution in [0, 0.1) is 47.3 Å². The second-order valence-electron chi connectivity index (χ2n) is 20.9. The molecule has 0 spiro atoms. The second-order valence-corrected chi connectivity index (χ2v) is 35.5. The van der Waals surface area contributed by atoms with E-state index in [2.05, 4.69) is 81.7 Å². The number of hydrogen-bond acceptors (Lipinski definition) is 2. The summed E-state index contributed by atoms with van der Waals surface area (Å²) in [4.78, 5) is 10.1. The fraction of sp³-hybridized carbons (Fsp3) is 0.583. The fourth-order valence-corrected chi connectivity index (χ4v) is 26.4. The van der Waals surface area contributed by atoms with Crippen LogP contribution in [0.5, 0.6) is 0 Å². The van der Waals surface area contributed by atoms with Crippen LogP contribution in [0.1, 0.15) is 75.3 Å². The summed E-state index contributed by atoms with van der Waals surface area (Å²) in [6, 6.07) is 26.0.